The van der Waals surface area contributed by atoms with Crippen molar-refractivity contribution in [3.05, 3.63) is 32.7 Å². The third-order valence-electron chi connectivity index (χ3n) is 1.73. The molecule has 0 amide bonds. The van der Waals surface area contributed by atoms with E-state index in [0.717, 1.165) is 4.47 Å². The van der Waals surface area contributed by atoms with Crippen molar-refractivity contribution in [1.29, 1.82) is 0 Å². The second kappa shape index (κ2) is 4.99. The van der Waals surface area contributed by atoms with Crippen LogP contribution in [0.2, 0.25) is 5.02 Å². The molecule has 2 rings (SSSR count). The van der Waals surface area contributed by atoms with Gasteiger partial charge >= 0.3 is 0 Å². The predicted molar refractivity (Wildman–Crippen MR) is 67.8 cm³/mol. The molecule has 1 heterocycles. The minimum absolute atomic E-state index is 0.311. The normalized spacial score (nSPS) is 10.4. The number of ether oxygens (including phenoxy) is 1. The van der Waals surface area contributed by atoms with Gasteiger partial charge in [-0.05, 0) is 18.2 Å². The first-order valence-corrected chi connectivity index (χ1v) is 6.29. The molecule has 0 aliphatic carbocycles. The van der Waals surface area contributed by atoms with Crippen molar-refractivity contribution in [3.63, 3.8) is 0 Å². The van der Waals surface area contributed by atoms with Gasteiger partial charge < -0.3 is 10.5 Å². The number of benzene rings is 1. The number of hydrogen-bond donors (Lipinski definition) is 1. The molecule has 2 aromatic rings. The van der Waals surface area contributed by atoms with E-state index in [1.807, 2.05) is 6.07 Å². The maximum Gasteiger partial charge on any atom is 0.203 e. The van der Waals surface area contributed by atoms with Crippen LogP contribution >= 0.6 is 38.9 Å². The average Bonchev–Trinajstić information content (AvgIpc) is 2.66. The van der Waals surface area contributed by atoms with Crippen LogP contribution in [0.15, 0.2) is 22.7 Å². The molecule has 0 aliphatic rings. The highest BCUT2D eigenvalue weighted by molar-refractivity contribution is 9.10. The molecule has 16 heavy (non-hydrogen) atoms. The Balaban J connectivity index is 2.07. The second-order valence-corrected chi connectivity index (χ2v) is 5.31. The molecule has 0 unspecified atom stereocenters. The molecule has 0 fully saturated rings. The van der Waals surface area contributed by atoms with Gasteiger partial charge in [0.15, 0.2) is 5.01 Å². The van der Waals surface area contributed by atoms with Crippen LogP contribution in [-0.2, 0) is 6.61 Å². The van der Waals surface area contributed by atoms with E-state index in [1.54, 1.807) is 12.1 Å². The van der Waals surface area contributed by atoms with E-state index >= 15 is 0 Å². The van der Waals surface area contributed by atoms with Crippen molar-refractivity contribution in [1.82, 2.24) is 10.2 Å². The van der Waals surface area contributed by atoms with Crippen molar-refractivity contribution in [2.45, 2.75) is 6.61 Å². The van der Waals surface area contributed by atoms with Crippen LogP contribution in [0, 0.1) is 0 Å². The largest absolute Gasteiger partial charge is 0.485 e. The Morgan fingerprint density at radius 3 is 2.94 bits per heavy atom. The monoisotopic (exact) mass is 319 g/mol. The number of nitrogens with two attached hydrogens (primary N) is 1. The van der Waals surface area contributed by atoms with E-state index in [1.165, 1.54) is 11.3 Å². The molecule has 1 aromatic heterocycles. The molecule has 7 heteroatoms. The molecule has 1 aromatic carbocycles. The number of nitrogens with zero attached hydrogens (tertiary/aromatic N) is 2. The Hall–Kier alpha value is -0.850. The molecule has 2 N–H and O–H groups in total. The molecular formula is C9H7BrClN3OS. The number of hydrogen-bond acceptors (Lipinski definition) is 5. The quantitative estimate of drug-likeness (QED) is 0.944. The van der Waals surface area contributed by atoms with Crippen molar-refractivity contribution in [2.75, 3.05) is 5.73 Å². The molecule has 0 saturated carbocycles. The van der Waals surface area contributed by atoms with Gasteiger partial charge in [-0.15, -0.1) is 10.2 Å². The second-order valence-electron chi connectivity index (χ2n) is 2.90. The molecule has 0 atom stereocenters. The van der Waals surface area contributed by atoms with E-state index in [9.17, 15) is 0 Å². The zero-order valence-electron chi connectivity index (χ0n) is 7.98. The van der Waals surface area contributed by atoms with Gasteiger partial charge in [-0.2, -0.15) is 0 Å². The summed E-state index contributed by atoms with van der Waals surface area (Å²) in [6, 6.07) is 5.40. The van der Waals surface area contributed by atoms with E-state index in [2.05, 4.69) is 26.1 Å². The smallest absolute Gasteiger partial charge is 0.203 e. The van der Waals surface area contributed by atoms with E-state index in [-0.39, 0.29) is 0 Å². The fraction of sp³-hybridized carbons (Fsp3) is 0.111. The zero-order chi connectivity index (χ0) is 11.5. The molecule has 84 valence electrons. The Morgan fingerprint density at radius 2 is 2.25 bits per heavy atom. The fourth-order valence-electron chi connectivity index (χ4n) is 1.05. The molecule has 4 nitrogen and oxygen atoms in total. The molecule has 0 radical (unpaired) electrons. The maximum absolute atomic E-state index is 5.96. The van der Waals surface area contributed by atoms with Gasteiger partial charge in [0.1, 0.15) is 12.4 Å². The third kappa shape index (κ3) is 2.84. The van der Waals surface area contributed by atoms with Gasteiger partial charge in [-0.1, -0.05) is 38.9 Å². The summed E-state index contributed by atoms with van der Waals surface area (Å²) in [4.78, 5) is 0. The van der Waals surface area contributed by atoms with Crippen molar-refractivity contribution in [2.24, 2.45) is 0 Å². The van der Waals surface area contributed by atoms with E-state index in [4.69, 9.17) is 22.1 Å². The first-order chi connectivity index (χ1) is 7.65. The van der Waals surface area contributed by atoms with Gasteiger partial charge in [0.2, 0.25) is 5.13 Å². The highest BCUT2D eigenvalue weighted by Gasteiger charge is 2.05. The van der Waals surface area contributed by atoms with Gasteiger partial charge in [-0.3, -0.25) is 0 Å². The lowest BCUT2D eigenvalue weighted by atomic mass is 10.3. The van der Waals surface area contributed by atoms with Crippen molar-refractivity contribution < 1.29 is 4.74 Å². The third-order valence-corrected chi connectivity index (χ3v) is 3.26. The van der Waals surface area contributed by atoms with Crippen LogP contribution in [0.1, 0.15) is 5.01 Å². The standard InChI is InChI=1S/C9H7BrClN3OS/c10-5-1-2-6(11)7(3-5)15-4-8-13-14-9(12)16-8/h1-3H,4H2,(H2,12,14). The lowest BCUT2D eigenvalue weighted by Crippen LogP contribution is -1.95. The van der Waals surface area contributed by atoms with Gasteiger partial charge in [0.05, 0.1) is 5.02 Å². The first kappa shape index (κ1) is 11.6. The van der Waals surface area contributed by atoms with Gasteiger partial charge in [0, 0.05) is 4.47 Å². The Labute approximate surface area is 110 Å². The summed E-state index contributed by atoms with van der Waals surface area (Å²) in [6.45, 7) is 0.311. The minimum atomic E-state index is 0.311. The Bertz CT molecular complexity index is 505. The lowest BCUT2D eigenvalue weighted by Gasteiger charge is -2.05. The molecule has 0 aliphatic heterocycles. The highest BCUT2D eigenvalue weighted by Crippen LogP contribution is 2.28. The Morgan fingerprint density at radius 1 is 1.44 bits per heavy atom. The number of nitrogen functional groups attached to an aromatic ring is 1. The summed E-state index contributed by atoms with van der Waals surface area (Å²) >= 11 is 10.6. The molecule has 0 spiro atoms. The number of aromatic nitrogens is 2. The van der Waals surface area contributed by atoms with E-state index < -0.39 is 0 Å². The fourth-order valence-corrected chi connectivity index (χ4v) is 2.09. The van der Waals surface area contributed by atoms with Crippen LogP contribution in [0.4, 0.5) is 5.13 Å². The van der Waals surface area contributed by atoms with Crippen LogP contribution in [0.3, 0.4) is 0 Å². The van der Waals surface area contributed by atoms with Crippen LogP contribution in [-0.4, -0.2) is 10.2 Å². The molecule has 0 saturated heterocycles. The van der Waals surface area contributed by atoms with Crippen LogP contribution in [0.25, 0.3) is 0 Å². The summed E-state index contributed by atoms with van der Waals surface area (Å²) in [5.74, 6) is 0.602. The summed E-state index contributed by atoms with van der Waals surface area (Å²) in [6.07, 6.45) is 0. The first-order valence-electron chi connectivity index (χ1n) is 4.31. The summed E-state index contributed by atoms with van der Waals surface area (Å²) in [5, 5.41) is 9.24. The highest BCUT2D eigenvalue weighted by atomic mass is 79.9. The maximum atomic E-state index is 5.96. The lowest BCUT2D eigenvalue weighted by molar-refractivity contribution is 0.304. The summed E-state index contributed by atoms with van der Waals surface area (Å²) in [7, 11) is 0. The average molecular weight is 321 g/mol. The Kier molecular flexibility index (Phi) is 3.63. The molecule has 0 bridgehead atoms. The van der Waals surface area contributed by atoms with Crippen LogP contribution < -0.4 is 10.5 Å². The summed E-state index contributed by atoms with van der Waals surface area (Å²) < 4.78 is 6.41. The predicted octanol–water partition coefficient (Wildman–Crippen LogP) is 3.12. The van der Waals surface area contributed by atoms with Gasteiger partial charge in [0.25, 0.3) is 0 Å². The minimum Gasteiger partial charge on any atom is -0.485 e. The zero-order valence-corrected chi connectivity index (χ0v) is 11.1. The number of halogens is 2. The SMILES string of the molecule is Nc1nnc(COc2cc(Br)ccc2Cl)s1. The van der Waals surface area contributed by atoms with E-state index in [0.29, 0.717) is 27.5 Å². The summed E-state index contributed by atoms with van der Waals surface area (Å²) in [5.41, 5.74) is 5.46. The van der Waals surface area contributed by atoms with Crippen LogP contribution in [0.5, 0.6) is 5.75 Å². The van der Waals surface area contributed by atoms with Gasteiger partial charge in [-0.25, -0.2) is 0 Å². The topological polar surface area (TPSA) is 61.0 Å². The van der Waals surface area contributed by atoms with Crippen molar-refractivity contribution >= 4 is 44.0 Å². The van der Waals surface area contributed by atoms with Crippen molar-refractivity contribution in [3.8, 4) is 5.75 Å². The number of anilines is 1. The molecular weight excluding hydrogens is 314 g/mol. The number of rotatable bonds is 3.